The monoisotopic (exact) mass is 258 g/mol. The molecular formula is C9H13F3O3S. The minimum absolute atomic E-state index is 0.0583. The maximum atomic E-state index is 12.1. The zero-order valence-corrected chi connectivity index (χ0v) is 9.57. The molecule has 0 aromatic heterocycles. The molecule has 0 heterocycles. The van der Waals surface area contributed by atoms with E-state index in [4.69, 9.17) is 0 Å². The lowest BCUT2D eigenvalue weighted by Gasteiger charge is -2.31. The summed E-state index contributed by atoms with van der Waals surface area (Å²) < 4.78 is 62.7. The molecule has 0 spiro atoms. The Morgan fingerprint density at radius 1 is 1.44 bits per heavy atom. The largest absolute Gasteiger partial charge is 0.522 e. The average Bonchev–Trinajstić information content (AvgIpc) is 1.97. The predicted octanol–water partition coefficient (Wildman–Crippen LogP) is 2.04. The van der Waals surface area contributed by atoms with Crippen molar-refractivity contribution in [3.05, 3.63) is 12.2 Å². The Balaban J connectivity index is 2.86. The maximum Gasteiger partial charge on any atom is 0.522 e. The summed E-state index contributed by atoms with van der Waals surface area (Å²) in [6.45, 7) is 3.57. The highest BCUT2D eigenvalue weighted by molar-refractivity contribution is 7.91. The molecule has 0 aliphatic heterocycles. The van der Waals surface area contributed by atoms with Crippen LogP contribution in [-0.2, 0) is 14.6 Å². The van der Waals surface area contributed by atoms with Gasteiger partial charge in [-0.2, -0.15) is 0 Å². The van der Waals surface area contributed by atoms with Crippen molar-refractivity contribution in [2.45, 2.75) is 37.0 Å². The van der Waals surface area contributed by atoms with Gasteiger partial charge in [0.15, 0.2) is 9.84 Å². The van der Waals surface area contributed by atoms with Crippen LogP contribution >= 0.6 is 0 Å². The molecule has 1 saturated carbocycles. The smallest absolute Gasteiger partial charge is 0.287 e. The summed E-state index contributed by atoms with van der Waals surface area (Å²) in [7, 11) is -3.54. The Labute approximate surface area is 92.2 Å². The zero-order valence-electron chi connectivity index (χ0n) is 8.75. The fourth-order valence-corrected chi connectivity index (χ4v) is 3.08. The molecule has 2 unspecified atom stereocenters. The van der Waals surface area contributed by atoms with E-state index in [-0.39, 0.29) is 12.8 Å². The van der Waals surface area contributed by atoms with Crippen LogP contribution in [0.1, 0.15) is 19.3 Å². The van der Waals surface area contributed by atoms with Gasteiger partial charge in [-0.15, -0.1) is 13.2 Å². The van der Waals surface area contributed by atoms with Crippen LogP contribution in [0, 0.1) is 0 Å². The molecular weight excluding hydrogens is 245 g/mol. The van der Waals surface area contributed by atoms with E-state index in [0.717, 1.165) is 6.26 Å². The van der Waals surface area contributed by atoms with Gasteiger partial charge in [0.1, 0.15) is 0 Å². The molecule has 0 aromatic carbocycles. The summed E-state index contributed by atoms with van der Waals surface area (Å²) in [4.78, 5) is 0. The molecule has 0 amide bonds. The van der Waals surface area contributed by atoms with Crippen molar-refractivity contribution in [2.75, 3.05) is 6.26 Å². The first kappa shape index (κ1) is 13.5. The van der Waals surface area contributed by atoms with Crippen LogP contribution < -0.4 is 0 Å². The molecule has 0 aromatic rings. The molecule has 3 nitrogen and oxygen atoms in total. The van der Waals surface area contributed by atoms with Gasteiger partial charge >= 0.3 is 6.36 Å². The normalized spacial score (nSPS) is 28.1. The Morgan fingerprint density at radius 2 is 2.00 bits per heavy atom. The average molecular weight is 258 g/mol. The van der Waals surface area contributed by atoms with Gasteiger partial charge in [-0.25, -0.2) is 8.42 Å². The van der Waals surface area contributed by atoms with Gasteiger partial charge < -0.3 is 0 Å². The summed E-state index contributed by atoms with van der Waals surface area (Å²) in [5, 5.41) is -1.10. The Kier molecular flexibility index (Phi) is 3.69. The number of ether oxygens (including phenoxy) is 1. The molecule has 7 heteroatoms. The first-order valence-electron chi connectivity index (χ1n) is 4.69. The third kappa shape index (κ3) is 3.79. The summed E-state index contributed by atoms with van der Waals surface area (Å²) in [5.41, 5.74) is 0.592. The number of sulfone groups is 1. The van der Waals surface area contributed by atoms with Crippen molar-refractivity contribution in [2.24, 2.45) is 0 Å². The Morgan fingerprint density at radius 3 is 2.44 bits per heavy atom. The van der Waals surface area contributed by atoms with Crippen LogP contribution in [0.2, 0.25) is 0 Å². The second-order valence-electron chi connectivity index (χ2n) is 3.96. The van der Waals surface area contributed by atoms with E-state index in [1.165, 1.54) is 0 Å². The zero-order chi connectivity index (χ0) is 12.6. The minimum Gasteiger partial charge on any atom is -0.287 e. The molecule has 16 heavy (non-hydrogen) atoms. The molecule has 94 valence electrons. The lowest BCUT2D eigenvalue weighted by molar-refractivity contribution is -0.343. The van der Waals surface area contributed by atoms with Crippen LogP contribution in [0.5, 0.6) is 0 Å². The number of alkyl halides is 3. The van der Waals surface area contributed by atoms with Crippen molar-refractivity contribution in [3.8, 4) is 0 Å². The Hall–Kier alpha value is -0.560. The minimum atomic E-state index is -4.81. The van der Waals surface area contributed by atoms with E-state index in [9.17, 15) is 21.6 Å². The van der Waals surface area contributed by atoms with E-state index >= 15 is 0 Å². The molecule has 0 radical (unpaired) electrons. The van der Waals surface area contributed by atoms with Gasteiger partial charge in [0.25, 0.3) is 0 Å². The van der Waals surface area contributed by atoms with E-state index in [2.05, 4.69) is 11.3 Å². The van der Waals surface area contributed by atoms with Crippen LogP contribution in [0.4, 0.5) is 13.2 Å². The van der Waals surface area contributed by atoms with Crippen molar-refractivity contribution < 1.29 is 26.3 Å². The van der Waals surface area contributed by atoms with Crippen molar-refractivity contribution in [3.63, 3.8) is 0 Å². The van der Waals surface area contributed by atoms with E-state index in [0.29, 0.717) is 12.0 Å². The van der Waals surface area contributed by atoms with Gasteiger partial charge in [0, 0.05) is 6.26 Å². The van der Waals surface area contributed by atoms with Gasteiger partial charge in [0.05, 0.1) is 11.4 Å². The summed E-state index contributed by atoms with van der Waals surface area (Å²) in [6, 6.07) is 0. The standard InChI is InChI=1S/C9H13F3O3S/c1-6-3-4-8(16(2,13)14)7(5-6)15-9(10,11)12/h7-8H,1,3-5H2,2H3. The van der Waals surface area contributed by atoms with Crippen LogP contribution in [0.25, 0.3) is 0 Å². The van der Waals surface area contributed by atoms with Gasteiger partial charge in [-0.05, 0) is 19.3 Å². The molecule has 0 N–H and O–H groups in total. The molecule has 1 fully saturated rings. The van der Waals surface area contributed by atoms with Crippen LogP contribution in [-0.4, -0.2) is 32.4 Å². The van der Waals surface area contributed by atoms with Gasteiger partial charge in [-0.3, -0.25) is 4.74 Å². The highest BCUT2D eigenvalue weighted by Crippen LogP contribution is 2.33. The van der Waals surface area contributed by atoms with Gasteiger partial charge in [0.2, 0.25) is 0 Å². The predicted molar refractivity (Wildman–Crippen MR) is 52.6 cm³/mol. The quantitative estimate of drug-likeness (QED) is 0.712. The molecule has 1 rings (SSSR count). The van der Waals surface area contributed by atoms with E-state index in [1.807, 2.05) is 0 Å². The van der Waals surface area contributed by atoms with Gasteiger partial charge in [-0.1, -0.05) is 12.2 Å². The van der Waals surface area contributed by atoms with Crippen molar-refractivity contribution >= 4 is 9.84 Å². The third-order valence-corrected chi connectivity index (χ3v) is 4.16. The fraction of sp³-hybridized carbons (Fsp3) is 0.778. The summed E-state index contributed by atoms with van der Waals surface area (Å²) in [6.07, 6.45) is -4.74. The van der Waals surface area contributed by atoms with Crippen molar-refractivity contribution in [1.29, 1.82) is 0 Å². The molecule has 1 aliphatic carbocycles. The Bertz CT molecular complexity index is 372. The number of hydrogen-bond acceptors (Lipinski definition) is 3. The number of halogens is 3. The molecule has 0 bridgehead atoms. The summed E-state index contributed by atoms with van der Waals surface area (Å²) >= 11 is 0. The molecule has 1 aliphatic rings. The SMILES string of the molecule is C=C1CCC(S(C)(=O)=O)C(OC(F)(F)F)C1. The lowest BCUT2D eigenvalue weighted by atomic mass is 9.93. The highest BCUT2D eigenvalue weighted by atomic mass is 32.2. The first-order valence-corrected chi connectivity index (χ1v) is 6.65. The summed E-state index contributed by atoms with van der Waals surface area (Å²) in [5.74, 6) is 0. The second-order valence-corrected chi connectivity index (χ2v) is 6.23. The molecule has 0 saturated heterocycles. The topological polar surface area (TPSA) is 43.4 Å². The van der Waals surface area contributed by atoms with E-state index < -0.39 is 27.6 Å². The maximum absolute atomic E-state index is 12.1. The third-order valence-electron chi connectivity index (χ3n) is 2.52. The van der Waals surface area contributed by atoms with Crippen LogP contribution in [0.3, 0.4) is 0 Å². The number of rotatable bonds is 2. The lowest BCUT2D eigenvalue weighted by Crippen LogP contribution is -2.41. The van der Waals surface area contributed by atoms with Crippen molar-refractivity contribution in [1.82, 2.24) is 0 Å². The first-order chi connectivity index (χ1) is 7.09. The second kappa shape index (κ2) is 4.37. The number of hydrogen-bond donors (Lipinski definition) is 0. The highest BCUT2D eigenvalue weighted by Gasteiger charge is 2.42. The van der Waals surface area contributed by atoms with Crippen LogP contribution in [0.15, 0.2) is 12.2 Å². The fourth-order valence-electron chi connectivity index (χ4n) is 1.83. The molecule has 2 atom stereocenters. The van der Waals surface area contributed by atoms with E-state index in [1.54, 1.807) is 0 Å².